The van der Waals surface area contributed by atoms with E-state index in [9.17, 15) is 4.79 Å². The highest BCUT2D eigenvalue weighted by molar-refractivity contribution is 7.80. The van der Waals surface area contributed by atoms with Crippen LogP contribution in [0.2, 0.25) is 0 Å². The minimum atomic E-state index is -0.306. The first-order chi connectivity index (χ1) is 8.56. The number of amides is 1. The second kappa shape index (κ2) is 7.00. The van der Waals surface area contributed by atoms with Crippen LogP contribution in [-0.2, 0) is 0 Å². The number of hydrogen-bond acceptors (Lipinski definition) is 3. The summed E-state index contributed by atoms with van der Waals surface area (Å²) in [4.78, 5) is 11.8. The van der Waals surface area contributed by atoms with Gasteiger partial charge in [0, 0.05) is 19.2 Å². The molecule has 0 radical (unpaired) electrons. The molecular weight excluding hydrogens is 250 g/mol. The number of furan rings is 1. The Kier molecular flexibility index (Phi) is 5.64. The van der Waals surface area contributed by atoms with Gasteiger partial charge < -0.3 is 9.73 Å². The largest absolute Gasteiger partial charge is 0.459 e. The van der Waals surface area contributed by atoms with E-state index in [1.54, 1.807) is 13.1 Å². The van der Waals surface area contributed by atoms with Gasteiger partial charge in [0.1, 0.15) is 0 Å². The lowest BCUT2D eigenvalue weighted by Crippen LogP contribution is -2.48. The van der Waals surface area contributed by atoms with Crippen molar-refractivity contribution in [2.45, 2.75) is 26.7 Å². The molecule has 100 valence electrons. The molecule has 0 unspecified atom stereocenters. The smallest absolute Gasteiger partial charge is 0.305 e. The van der Waals surface area contributed by atoms with E-state index in [2.05, 4.69) is 17.7 Å². The third-order valence-corrected chi connectivity index (χ3v) is 2.87. The first-order valence-electron chi connectivity index (χ1n) is 5.93. The molecule has 0 saturated carbocycles. The summed E-state index contributed by atoms with van der Waals surface area (Å²) in [6.07, 6.45) is 3.62. The van der Waals surface area contributed by atoms with E-state index < -0.39 is 0 Å². The third kappa shape index (κ3) is 4.03. The van der Waals surface area contributed by atoms with Crippen molar-refractivity contribution in [2.24, 2.45) is 0 Å². The van der Waals surface area contributed by atoms with Gasteiger partial charge in [0.25, 0.3) is 0 Å². The summed E-state index contributed by atoms with van der Waals surface area (Å²) in [6, 6.07) is 1.74. The Bertz CT molecular complexity index is 417. The highest BCUT2D eigenvalue weighted by Gasteiger charge is 2.15. The molecule has 1 amide bonds. The molecule has 0 spiro atoms. The van der Waals surface area contributed by atoms with E-state index in [-0.39, 0.29) is 5.91 Å². The standard InChI is InChI=1S/C12H19N3O2S/c1-4-5-7-13-12(18)15(3)14-11(16)10-9(2)6-8-17-10/h6,8H,4-5,7H2,1-3H3,(H,13,18)(H,14,16). The third-order valence-electron chi connectivity index (χ3n) is 2.45. The molecule has 0 aliphatic rings. The zero-order valence-corrected chi connectivity index (χ0v) is 11.8. The van der Waals surface area contributed by atoms with Crippen molar-refractivity contribution in [2.75, 3.05) is 13.6 Å². The van der Waals surface area contributed by atoms with Gasteiger partial charge in [0.2, 0.25) is 0 Å². The number of rotatable bonds is 4. The average molecular weight is 269 g/mol. The van der Waals surface area contributed by atoms with Gasteiger partial charge in [-0.2, -0.15) is 0 Å². The van der Waals surface area contributed by atoms with E-state index in [4.69, 9.17) is 16.6 Å². The van der Waals surface area contributed by atoms with Gasteiger partial charge in [-0.25, -0.2) is 0 Å². The molecule has 5 nitrogen and oxygen atoms in total. The predicted octanol–water partition coefficient (Wildman–Crippen LogP) is 1.84. The molecule has 0 saturated heterocycles. The Morgan fingerprint density at radius 3 is 2.83 bits per heavy atom. The maximum Gasteiger partial charge on any atom is 0.305 e. The SMILES string of the molecule is CCCCNC(=S)N(C)NC(=O)c1occc1C. The summed E-state index contributed by atoms with van der Waals surface area (Å²) in [5.74, 6) is -0.00199. The Hall–Kier alpha value is -1.56. The van der Waals surface area contributed by atoms with E-state index in [0.29, 0.717) is 10.9 Å². The van der Waals surface area contributed by atoms with Gasteiger partial charge >= 0.3 is 5.91 Å². The maximum atomic E-state index is 11.8. The van der Waals surface area contributed by atoms with Crippen molar-refractivity contribution in [3.8, 4) is 0 Å². The van der Waals surface area contributed by atoms with Crippen molar-refractivity contribution in [1.29, 1.82) is 0 Å². The molecule has 2 N–H and O–H groups in total. The topological polar surface area (TPSA) is 57.5 Å². The van der Waals surface area contributed by atoms with Crippen LogP contribution in [0.15, 0.2) is 16.7 Å². The monoisotopic (exact) mass is 269 g/mol. The van der Waals surface area contributed by atoms with Gasteiger partial charge in [-0.15, -0.1) is 0 Å². The second-order valence-electron chi connectivity index (χ2n) is 4.02. The number of hydrogen-bond donors (Lipinski definition) is 2. The summed E-state index contributed by atoms with van der Waals surface area (Å²) in [7, 11) is 1.69. The molecule has 6 heteroatoms. The predicted molar refractivity (Wildman–Crippen MR) is 74.2 cm³/mol. The summed E-state index contributed by atoms with van der Waals surface area (Å²) in [5.41, 5.74) is 3.44. The lowest BCUT2D eigenvalue weighted by Gasteiger charge is -2.21. The molecule has 0 fully saturated rings. The highest BCUT2D eigenvalue weighted by Crippen LogP contribution is 2.08. The molecule has 0 bridgehead atoms. The van der Waals surface area contributed by atoms with Crippen molar-refractivity contribution < 1.29 is 9.21 Å². The molecular formula is C12H19N3O2S. The molecule has 1 aromatic rings. The van der Waals surface area contributed by atoms with E-state index in [1.807, 2.05) is 6.92 Å². The quantitative estimate of drug-likeness (QED) is 0.496. The average Bonchev–Trinajstić information content (AvgIpc) is 2.75. The first kappa shape index (κ1) is 14.5. The van der Waals surface area contributed by atoms with Crippen molar-refractivity contribution in [3.63, 3.8) is 0 Å². The summed E-state index contributed by atoms with van der Waals surface area (Å²) >= 11 is 5.14. The zero-order valence-electron chi connectivity index (χ0n) is 10.9. The van der Waals surface area contributed by atoms with Gasteiger partial charge in [0.05, 0.1) is 6.26 Å². The number of hydrazine groups is 1. The van der Waals surface area contributed by atoms with E-state index in [0.717, 1.165) is 24.9 Å². The van der Waals surface area contributed by atoms with Crippen molar-refractivity contribution in [3.05, 3.63) is 23.7 Å². The van der Waals surface area contributed by atoms with E-state index in [1.165, 1.54) is 11.3 Å². The minimum absolute atomic E-state index is 0.304. The van der Waals surface area contributed by atoms with Crippen LogP contribution in [0, 0.1) is 6.92 Å². The lowest BCUT2D eigenvalue weighted by atomic mass is 10.3. The molecule has 18 heavy (non-hydrogen) atoms. The number of nitrogens with zero attached hydrogens (tertiary/aromatic N) is 1. The number of carbonyl (C=O) groups excluding carboxylic acids is 1. The Balaban J connectivity index is 2.44. The number of aryl methyl sites for hydroxylation is 1. The number of nitrogens with one attached hydrogen (secondary N) is 2. The normalized spacial score (nSPS) is 9.94. The van der Waals surface area contributed by atoms with Crippen LogP contribution in [0.5, 0.6) is 0 Å². The molecule has 1 aromatic heterocycles. The molecule has 1 rings (SSSR count). The van der Waals surface area contributed by atoms with Crippen molar-refractivity contribution in [1.82, 2.24) is 15.8 Å². The summed E-state index contributed by atoms with van der Waals surface area (Å²) in [6.45, 7) is 4.72. The maximum absolute atomic E-state index is 11.8. The van der Waals surface area contributed by atoms with Crippen molar-refractivity contribution >= 4 is 23.2 Å². The van der Waals surface area contributed by atoms with E-state index >= 15 is 0 Å². The molecule has 0 aliphatic carbocycles. The molecule has 0 atom stereocenters. The number of carbonyl (C=O) groups is 1. The lowest BCUT2D eigenvalue weighted by molar-refractivity contribution is 0.0856. The van der Waals surface area contributed by atoms with Crippen LogP contribution in [0.1, 0.15) is 35.9 Å². The Morgan fingerprint density at radius 1 is 1.56 bits per heavy atom. The molecule has 0 aliphatic heterocycles. The van der Waals surface area contributed by atoms with Crippen LogP contribution < -0.4 is 10.7 Å². The Labute approximate surface area is 112 Å². The summed E-state index contributed by atoms with van der Waals surface area (Å²) in [5, 5.41) is 5.03. The fourth-order valence-corrected chi connectivity index (χ4v) is 1.50. The van der Waals surface area contributed by atoms with Crippen LogP contribution in [0.4, 0.5) is 0 Å². The van der Waals surface area contributed by atoms with Gasteiger partial charge in [-0.05, 0) is 31.6 Å². The van der Waals surface area contributed by atoms with Crippen LogP contribution >= 0.6 is 12.2 Å². The zero-order chi connectivity index (χ0) is 13.5. The van der Waals surface area contributed by atoms with Crippen LogP contribution in [0.3, 0.4) is 0 Å². The molecule has 0 aromatic carbocycles. The molecule has 1 heterocycles. The van der Waals surface area contributed by atoms with Crippen LogP contribution in [-0.4, -0.2) is 29.6 Å². The fourth-order valence-electron chi connectivity index (χ4n) is 1.35. The minimum Gasteiger partial charge on any atom is -0.459 e. The van der Waals surface area contributed by atoms with Crippen LogP contribution in [0.25, 0.3) is 0 Å². The van der Waals surface area contributed by atoms with Gasteiger partial charge in [-0.3, -0.25) is 15.2 Å². The number of unbranched alkanes of at least 4 members (excludes halogenated alkanes) is 1. The summed E-state index contributed by atoms with van der Waals surface area (Å²) < 4.78 is 5.10. The highest BCUT2D eigenvalue weighted by atomic mass is 32.1. The second-order valence-corrected chi connectivity index (χ2v) is 4.40. The fraction of sp³-hybridized carbons (Fsp3) is 0.500. The number of thiocarbonyl (C=S) groups is 1. The first-order valence-corrected chi connectivity index (χ1v) is 6.33. The van der Waals surface area contributed by atoms with Gasteiger partial charge in [0.15, 0.2) is 10.9 Å². The Morgan fingerprint density at radius 2 is 2.28 bits per heavy atom. The van der Waals surface area contributed by atoms with Gasteiger partial charge in [-0.1, -0.05) is 13.3 Å².